The van der Waals surface area contributed by atoms with E-state index in [9.17, 15) is 9.59 Å². The van der Waals surface area contributed by atoms with Gasteiger partial charge in [-0.15, -0.1) is 0 Å². The Labute approximate surface area is 118 Å². The van der Waals surface area contributed by atoms with Crippen molar-refractivity contribution in [3.63, 3.8) is 0 Å². The maximum atomic E-state index is 11.6. The third-order valence-corrected chi connectivity index (χ3v) is 3.09. The zero-order valence-electron chi connectivity index (χ0n) is 11.8. The van der Waals surface area contributed by atoms with Crippen LogP contribution in [0.15, 0.2) is 24.3 Å². The molecule has 2 N–H and O–H groups in total. The van der Waals surface area contributed by atoms with Crippen LogP contribution in [0.1, 0.15) is 32.3 Å². The molecule has 5 nitrogen and oxygen atoms in total. The minimum atomic E-state index is -0.292. The Balaban J connectivity index is 1.84. The molecule has 20 heavy (non-hydrogen) atoms. The van der Waals surface area contributed by atoms with Gasteiger partial charge in [-0.3, -0.25) is 14.9 Å². The van der Waals surface area contributed by atoms with Gasteiger partial charge in [-0.2, -0.15) is 0 Å². The number of hydrogen-bond donors (Lipinski definition) is 2. The van der Waals surface area contributed by atoms with Crippen LogP contribution in [0.3, 0.4) is 0 Å². The summed E-state index contributed by atoms with van der Waals surface area (Å²) >= 11 is 0. The molecule has 1 aliphatic heterocycles. The monoisotopic (exact) mass is 276 g/mol. The van der Waals surface area contributed by atoms with Crippen molar-refractivity contribution < 1.29 is 14.3 Å². The lowest BCUT2D eigenvalue weighted by Gasteiger charge is -2.21. The first kappa shape index (κ1) is 14.5. The van der Waals surface area contributed by atoms with Crippen LogP contribution in [0.2, 0.25) is 0 Å². The fourth-order valence-electron chi connectivity index (χ4n) is 2.09. The summed E-state index contributed by atoms with van der Waals surface area (Å²) in [5.41, 5.74) is 1.07. The van der Waals surface area contributed by atoms with Crippen molar-refractivity contribution in [2.75, 3.05) is 0 Å². The first-order chi connectivity index (χ1) is 9.54. The quantitative estimate of drug-likeness (QED) is 0.797. The lowest BCUT2D eigenvalue weighted by molar-refractivity contribution is -0.134. The van der Waals surface area contributed by atoms with E-state index in [4.69, 9.17) is 4.74 Å². The van der Waals surface area contributed by atoms with Gasteiger partial charge in [0.1, 0.15) is 5.75 Å². The van der Waals surface area contributed by atoms with Gasteiger partial charge in [-0.25, -0.2) is 0 Å². The van der Waals surface area contributed by atoms with Crippen molar-refractivity contribution in [3.05, 3.63) is 29.8 Å². The highest BCUT2D eigenvalue weighted by Crippen LogP contribution is 2.14. The maximum Gasteiger partial charge on any atom is 0.243 e. The van der Waals surface area contributed by atoms with E-state index in [2.05, 4.69) is 10.6 Å². The second kappa shape index (κ2) is 6.52. The van der Waals surface area contributed by atoms with Crippen molar-refractivity contribution in [1.82, 2.24) is 10.6 Å². The molecule has 5 heteroatoms. The summed E-state index contributed by atoms with van der Waals surface area (Å²) in [6, 6.07) is 7.48. The number of ether oxygens (including phenoxy) is 1. The highest BCUT2D eigenvalue weighted by molar-refractivity contribution is 6.00. The summed E-state index contributed by atoms with van der Waals surface area (Å²) in [5, 5.41) is 5.50. The lowest BCUT2D eigenvalue weighted by atomic mass is 10.1. The SMILES string of the molecule is CC(C)Oc1ccc(CNC2CCC(=O)NC2=O)cc1. The van der Waals surface area contributed by atoms with E-state index in [1.807, 2.05) is 38.1 Å². The molecule has 0 spiro atoms. The van der Waals surface area contributed by atoms with Crippen LogP contribution in [0, 0.1) is 0 Å². The standard InChI is InChI=1S/C15H20N2O3/c1-10(2)20-12-5-3-11(4-6-12)9-16-13-7-8-14(18)17-15(13)19/h3-6,10,13,16H,7-9H2,1-2H3,(H,17,18,19). The average Bonchev–Trinajstić information content (AvgIpc) is 2.39. The third kappa shape index (κ3) is 4.06. The Kier molecular flexibility index (Phi) is 4.74. The number of piperidine rings is 1. The molecular weight excluding hydrogens is 256 g/mol. The van der Waals surface area contributed by atoms with Gasteiger partial charge in [-0.05, 0) is 38.0 Å². The van der Waals surface area contributed by atoms with Crippen molar-refractivity contribution in [2.45, 2.75) is 45.4 Å². The Hall–Kier alpha value is -1.88. The molecule has 1 fully saturated rings. The Morgan fingerprint density at radius 3 is 2.60 bits per heavy atom. The molecule has 0 saturated carbocycles. The van der Waals surface area contributed by atoms with Crippen molar-refractivity contribution >= 4 is 11.8 Å². The number of carbonyl (C=O) groups excluding carboxylic acids is 2. The van der Waals surface area contributed by atoms with Gasteiger partial charge in [-0.1, -0.05) is 12.1 Å². The second-order valence-corrected chi connectivity index (χ2v) is 5.20. The molecule has 1 atom stereocenters. The van der Waals surface area contributed by atoms with Crippen LogP contribution in [-0.4, -0.2) is 24.0 Å². The van der Waals surface area contributed by atoms with Gasteiger partial charge >= 0.3 is 0 Å². The Morgan fingerprint density at radius 2 is 2.00 bits per heavy atom. The molecule has 2 rings (SSSR count). The van der Waals surface area contributed by atoms with Gasteiger partial charge in [0.2, 0.25) is 11.8 Å². The molecule has 0 aromatic heterocycles. The van der Waals surface area contributed by atoms with Crippen LogP contribution in [0.5, 0.6) is 5.75 Å². The first-order valence-electron chi connectivity index (χ1n) is 6.87. The largest absolute Gasteiger partial charge is 0.491 e. The summed E-state index contributed by atoms with van der Waals surface area (Å²) < 4.78 is 5.57. The normalized spacial score (nSPS) is 19.1. The summed E-state index contributed by atoms with van der Waals surface area (Å²) in [6.07, 6.45) is 1.10. The van der Waals surface area contributed by atoms with Gasteiger partial charge in [0, 0.05) is 13.0 Å². The summed E-state index contributed by atoms with van der Waals surface area (Å²) in [4.78, 5) is 22.6. The lowest BCUT2D eigenvalue weighted by Crippen LogP contribution is -2.50. The van der Waals surface area contributed by atoms with E-state index < -0.39 is 0 Å². The summed E-state index contributed by atoms with van der Waals surface area (Å²) in [6.45, 7) is 4.56. The predicted octanol–water partition coefficient (Wildman–Crippen LogP) is 1.37. The summed E-state index contributed by atoms with van der Waals surface area (Å²) in [5.74, 6) is 0.411. The number of imide groups is 1. The highest BCUT2D eigenvalue weighted by atomic mass is 16.5. The highest BCUT2D eigenvalue weighted by Gasteiger charge is 2.25. The molecule has 1 aromatic rings. The van der Waals surface area contributed by atoms with E-state index in [1.54, 1.807) is 0 Å². The fourth-order valence-corrected chi connectivity index (χ4v) is 2.09. The molecular formula is C15H20N2O3. The average molecular weight is 276 g/mol. The number of amides is 2. The molecule has 0 radical (unpaired) electrons. The van der Waals surface area contributed by atoms with Crippen LogP contribution >= 0.6 is 0 Å². The van der Waals surface area contributed by atoms with Crippen LogP contribution < -0.4 is 15.4 Å². The number of carbonyl (C=O) groups is 2. The molecule has 1 unspecified atom stereocenters. The molecule has 1 saturated heterocycles. The smallest absolute Gasteiger partial charge is 0.243 e. The zero-order valence-corrected chi connectivity index (χ0v) is 11.8. The van der Waals surface area contributed by atoms with Crippen molar-refractivity contribution in [3.8, 4) is 5.75 Å². The molecule has 1 aromatic carbocycles. The molecule has 0 aliphatic carbocycles. The van der Waals surface area contributed by atoms with Crippen LogP contribution in [0.25, 0.3) is 0 Å². The molecule has 0 bridgehead atoms. The van der Waals surface area contributed by atoms with Crippen molar-refractivity contribution in [2.24, 2.45) is 0 Å². The predicted molar refractivity (Wildman–Crippen MR) is 75.2 cm³/mol. The molecule has 1 heterocycles. The number of rotatable bonds is 5. The number of hydrogen-bond acceptors (Lipinski definition) is 4. The third-order valence-electron chi connectivity index (χ3n) is 3.09. The molecule has 108 valence electrons. The molecule has 1 aliphatic rings. The van der Waals surface area contributed by atoms with Gasteiger partial charge in [0.05, 0.1) is 12.1 Å². The summed E-state index contributed by atoms with van der Waals surface area (Å²) in [7, 11) is 0. The van der Waals surface area contributed by atoms with Crippen LogP contribution in [0.4, 0.5) is 0 Å². The Morgan fingerprint density at radius 1 is 1.30 bits per heavy atom. The maximum absolute atomic E-state index is 11.6. The number of benzene rings is 1. The molecule has 2 amide bonds. The van der Waals surface area contributed by atoms with Gasteiger partial charge in [0.25, 0.3) is 0 Å². The topological polar surface area (TPSA) is 67.4 Å². The van der Waals surface area contributed by atoms with E-state index in [0.29, 0.717) is 19.4 Å². The number of nitrogens with one attached hydrogen (secondary N) is 2. The van der Waals surface area contributed by atoms with Crippen LogP contribution in [-0.2, 0) is 16.1 Å². The zero-order chi connectivity index (χ0) is 14.5. The van der Waals surface area contributed by atoms with Crippen molar-refractivity contribution in [1.29, 1.82) is 0 Å². The van der Waals surface area contributed by atoms with E-state index in [-0.39, 0.29) is 24.0 Å². The minimum Gasteiger partial charge on any atom is -0.491 e. The second-order valence-electron chi connectivity index (χ2n) is 5.20. The van der Waals surface area contributed by atoms with E-state index in [1.165, 1.54) is 0 Å². The Bertz CT molecular complexity index is 482. The minimum absolute atomic E-state index is 0.155. The fraction of sp³-hybridized carbons (Fsp3) is 0.467. The van der Waals surface area contributed by atoms with Gasteiger partial charge < -0.3 is 10.1 Å². The van der Waals surface area contributed by atoms with E-state index >= 15 is 0 Å². The van der Waals surface area contributed by atoms with E-state index in [0.717, 1.165) is 11.3 Å². The van der Waals surface area contributed by atoms with Gasteiger partial charge in [0.15, 0.2) is 0 Å². The first-order valence-corrected chi connectivity index (χ1v) is 6.87.